The first kappa shape index (κ1) is 25.9. The number of nitrogens with zero attached hydrogens (tertiary/aromatic N) is 1. The zero-order valence-electron chi connectivity index (χ0n) is 19.8. The lowest BCUT2D eigenvalue weighted by Gasteiger charge is -2.13. The highest BCUT2D eigenvalue weighted by atomic mass is 19.4. The summed E-state index contributed by atoms with van der Waals surface area (Å²) >= 11 is 0. The minimum atomic E-state index is -4.83. The lowest BCUT2D eigenvalue weighted by molar-refractivity contribution is -0.274. The number of Topliss-reactive ketones (excluding diaryl/α,β-unsaturated/α-hetero) is 1. The molecule has 0 saturated carbocycles. The molecule has 4 rings (SSSR count). The van der Waals surface area contributed by atoms with Crippen molar-refractivity contribution in [2.75, 3.05) is 23.7 Å². The van der Waals surface area contributed by atoms with Crippen LogP contribution in [-0.4, -0.2) is 36.3 Å². The fraction of sp³-hybridized carbons (Fsp3) is 0.269. The molecule has 2 amide bonds. The van der Waals surface area contributed by atoms with Gasteiger partial charge in [-0.15, -0.1) is 13.2 Å². The Morgan fingerprint density at radius 2 is 1.95 bits per heavy atom. The molecule has 1 aliphatic heterocycles. The van der Waals surface area contributed by atoms with Crippen molar-refractivity contribution in [1.29, 1.82) is 0 Å². The number of benzene rings is 2. The van der Waals surface area contributed by atoms with E-state index in [0.717, 1.165) is 18.9 Å². The third-order valence-electron chi connectivity index (χ3n) is 5.79. The number of hydrogen-bond acceptors (Lipinski definition) is 5. The number of urea groups is 1. The minimum Gasteiger partial charge on any atom is -0.406 e. The molecule has 1 unspecified atom stereocenters. The third kappa shape index (κ3) is 6.35. The normalized spacial score (nSPS) is 14.5. The van der Waals surface area contributed by atoms with Crippen molar-refractivity contribution >= 4 is 23.3 Å². The summed E-state index contributed by atoms with van der Waals surface area (Å²) in [7, 11) is 0. The maximum atomic E-state index is 14.7. The number of nitrogens with one attached hydrogen (secondary N) is 3. The molecule has 3 aromatic rings. The standard InChI is InChI=1S/C26H24F4N4O3/c1-2-3-9-31-25(36)34-17-7-8-22(27)20(12-17)23(35)21-14-33-24-19(21)11-16(13-32-24)15-5-4-6-18(10-15)37-26(28,29)30/h4-8,10-13,21H,2-3,9,14H2,1H3,(H,32,33)(H2,31,34,36). The smallest absolute Gasteiger partial charge is 0.406 e. The molecule has 3 N–H and O–H groups in total. The van der Waals surface area contributed by atoms with E-state index in [1.807, 2.05) is 6.92 Å². The predicted octanol–water partition coefficient (Wildman–Crippen LogP) is 6.10. The zero-order chi connectivity index (χ0) is 26.6. The number of unbranched alkanes of at least 4 members (excludes halogenated alkanes) is 1. The van der Waals surface area contributed by atoms with Crippen molar-refractivity contribution in [1.82, 2.24) is 10.3 Å². The van der Waals surface area contributed by atoms with E-state index in [-0.39, 0.29) is 23.5 Å². The number of alkyl halides is 3. The number of ketones is 1. The van der Waals surface area contributed by atoms with Gasteiger partial charge in [0.1, 0.15) is 17.4 Å². The highest BCUT2D eigenvalue weighted by Crippen LogP contribution is 2.37. The number of hydrogen-bond donors (Lipinski definition) is 3. The summed E-state index contributed by atoms with van der Waals surface area (Å²) in [4.78, 5) is 29.7. The van der Waals surface area contributed by atoms with Gasteiger partial charge in [-0.1, -0.05) is 25.5 Å². The summed E-state index contributed by atoms with van der Waals surface area (Å²) in [5.41, 5.74) is 1.42. The summed E-state index contributed by atoms with van der Waals surface area (Å²) < 4.78 is 56.5. The second-order valence-corrected chi connectivity index (χ2v) is 8.46. The Morgan fingerprint density at radius 1 is 1.14 bits per heavy atom. The summed E-state index contributed by atoms with van der Waals surface area (Å²) in [5.74, 6) is -2.01. The lowest BCUT2D eigenvalue weighted by Crippen LogP contribution is -2.29. The molecule has 0 radical (unpaired) electrons. The number of carbonyl (C=O) groups excluding carboxylic acids is 2. The van der Waals surface area contributed by atoms with Crippen LogP contribution in [0, 0.1) is 5.82 Å². The van der Waals surface area contributed by atoms with Gasteiger partial charge in [0.25, 0.3) is 0 Å². The molecule has 0 fully saturated rings. The average molecular weight is 516 g/mol. The molecule has 11 heteroatoms. The van der Waals surface area contributed by atoms with Crippen LogP contribution < -0.4 is 20.7 Å². The lowest BCUT2D eigenvalue weighted by atomic mass is 9.91. The number of amides is 2. The van der Waals surface area contributed by atoms with Crippen molar-refractivity contribution in [3.8, 4) is 16.9 Å². The molecule has 0 saturated heterocycles. The SMILES string of the molecule is CCCCNC(=O)Nc1ccc(F)c(C(=O)C2CNc3ncc(-c4cccc(OC(F)(F)F)c4)cc32)c1. The topological polar surface area (TPSA) is 92.4 Å². The molecular formula is C26H24F4N4O3. The second kappa shape index (κ2) is 10.9. The van der Waals surface area contributed by atoms with E-state index in [4.69, 9.17) is 0 Å². The number of aromatic nitrogens is 1. The first-order valence-electron chi connectivity index (χ1n) is 11.6. The van der Waals surface area contributed by atoms with Gasteiger partial charge in [0.15, 0.2) is 5.78 Å². The van der Waals surface area contributed by atoms with E-state index in [0.29, 0.717) is 29.1 Å². The van der Waals surface area contributed by atoms with Crippen molar-refractivity contribution < 1.29 is 31.9 Å². The fourth-order valence-corrected chi connectivity index (χ4v) is 4.00. The Bertz CT molecular complexity index is 1310. The largest absolute Gasteiger partial charge is 0.573 e. The van der Waals surface area contributed by atoms with Crippen LogP contribution in [0.4, 0.5) is 33.9 Å². The van der Waals surface area contributed by atoms with Gasteiger partial charge in [-0.2, -0.15) is 0 Å². The number of halogens is 4. The summed E-state index contributed by atoms with van der Waals surface area (Å²) in [6.07, 6.45) is -1.65. The molecule has 37 heavy (non-hydrogen) atoms. The first-order valence-corrected chi connectivity index (χ1v) is 11.6. The van der Waals surface area contributed by atoms with E-state index in [1.54, 1.807) is 12.1 Å². The van der Waals surface area contributed by atoms with Gasteiger partial charge in [-0.3, -0.25) is 4.79 Å². The highest BCUT2D eigenvalue weighted by molar-refractivity contribution is 6.04. The Morgan fingerprint density at radius 3 is 2.70 bits per heavy atom. The molecule has 1 atom stereocenters. The number of anilines is 2. The zero-order valence-corrected chi connectivity index (χ0v) is 19.8. The Hall–Kier alpha value is -4.15. The quantitative estimate of drug-likeness (QED) is 0.191. The predicted molar refractivity (Wildman–Crippen MR) is 130 cm³/mol. The number of pyridine rings is 1. The van der Waals surface area contributed by atoms with Gasteiger partial charge in [0.2, 0.25) is 0 Å². The highest BCUT2D eigenvalue weighted by Gasteiger charge is 2.33. The molecule has 1 aliphatic rings. The van der Waals surface area contributed by atoms with Crippen LogP contribution in [0.3, 0.4) is 0 Å². The Kier molecular flexibility index (Phi) is 7.61. The molecule has 2 aromatic carbocycles. The Labute approximate surface area is 210 Å². The van der Waals surface area contributed by atoms with Crippen molar-refractivity contribution in [2.45, 2.75) is 32.0 Å². The van der Waals surface area contributed by atoms with Crippen molar-refractivity contribution in [2.24, 2.45) is 0 Å². The van der Waals surface area contributed by atoms with Crippen molar-refractivity contribution in [3.63, 3.8) is 0 Å². The minimum absolute atomic E-state index is 0.163. The van der Waals surface area contributed by atoms with Gasteiger partial charge in [0, 0.05) is 36.1 Å². The summed E-state index contributed by atoms with van der Waals surface area (Å²) in [6, 6.07) is 10.3. The number of ether oxygens (including phenoxy) is 1. The number of carbonyl (C=O) groups is 2. The molecule has 0 spiro atoms. The molecule has 1 aromatic heterocycles. The molecule has 2 heterocycles. The van der Waals surface area contributed by atoms with Crippen LogP contribution in [-0.2, 0) is 0 Å². The van der Waals surface area contributed by atoms with Gasteiger partial charge < -0.3 is 20.7 Å². The molecular weight excluding hydrogens is 492 g/mol. The molecule has 0 aliphatic carbocycles. The first-order chi connectivity index (χ1) is 17.6. The van der Waals surface area contributed by atoms with Crippen LogP contribution in [0.5, 0.6) is 5.75 Å². The average Bonchev–Trinajstić information content (AvgIpc) is 3.27. The fourth-order valence-electron chi connectivity index (χ4n) is 4.00. The number of fused-ring (bicyclic) bond motifs is 1. The second-order valence-electron chi connectivity index (χ2n) is 8.46. The van der Waals surface area contributed by atoms with Gasteiger partial charge >= 0.3 is 12.4 Å². The van der Waals surface area contributed by atoms with Crippen molar-refractivity contribution in [3.05, 3.63) is 71.7 Å². The van der Waals surface area contributed by atoms with E-state index in [1.165, 1.54) is 36.5 Å². The van der Waals surface area contributed by atoms with Crippen LogP contribution in [0.15, 0.2) is 54.7 Å². The number of rotatable bonds is 8. The maximum absolute atomic E-state index is 14.7. The van der Waals surface area contributed by atoms with Gasteiger partial charge in [-0.25, -0.2) is 14.2 Å². The monoisotopic (exact) mass is 516 g/mol. The maximum Gasteiger partial charge on any atom is 0.573 e. The molecule has 0 bridgehead atoms. The molecule has 194 valence electrons. The van der Waals surface area contributed by atoms with Gasteiger partial charge in [-0.05, 0) is 48.4 Å². The van der Waals surface area contributed by atoms with Crippen LogP contribution in [0.1, 0.15) is 41.6 Å². The van der Waals surface area contributed by atoms with Crippen LogP contribution >= 0.6 is 0 Å². The van der Waals surface area contributed by atoms with Crippen LogP contribution in [0.25, 0.3) is 11.1 Å². The van der Waals surface area contributed by atoms with E-state index < -0.39 is 29.9 Å². The summed E-state index contributed by atoms with van der Waals surface area (Å²) in [6.45, 7) is 2.64. The molecule has 7 nitrogen and oxygen atoms in total. The van der Waals surface area contributed by atoms with E-state index in [9.17, 15) is 27.2 Å². The van der Waals surface area contributed by atoms with E-state index in [2.05, 4.69) is 25.7 Å². The third-order valence-corrected chi connectivity index (χ3v) is 5.79. The summed E-state index contributed by atoms with van der Waals surface area (Å²) in [5, 5.41) is 8.29. The Balaban J connectivity index is 1.57. The van der Waals surface area contributed by atoms with Gasteiger partial charge in [0.05, 0.1) is 11.5 Å². The van der Waals surface area contributed by atoms with Crippen LogP contribution in [0.2, 0.25) is 0 Å². The van der Waals surface area contributed by atoms with E-state index >= 15 is 0 Å².